The van der Waals surface area contributed by atoms with Gasteiger partial charge in [0.05, 0.1) is 10.5 Å². The van der Waals surface area contributed by atoms with Crippen LogP contribution >= 0.6 is 11.3 Å². The zero-order valence-corrected chi connectivity index (χ0v) is 15.9. The second-order valence-corrected chi connectivity index (χ2v) is 8.82. The van der Waals surface area contributed by atoms with Gasteiger partial charge in [-0.3, -0.25) is 4.79 Å². The molecule has 0 spiro atoms. The number of carbonyl (C=O) groups excluding carboxylic acids is 1. The molecule has 1 aliphatic heterocycles. The molecule has 0 fully saturated rings. The maximum absolute atomic E-state index is 13.1. The van der Waals surface area contributed by atoms with Gasteiger partial charge in [0.1, 0.15) is 0 Å². The van der Waals surface area contributed by atoms with Gasteiger partial charge in [-0.2, -0.15) is 0 Å². The minimum absolute atomic E-state index is 0.0841. The number of rotatable bonds is 4. The van der Waals surface area contributed by atoms with Crippen molar-refractivity contribution in [1.82, 2.24) is 4.72 Å². The van der Waals surface area contributed by atoms with Gasteiger partial charge in [-0.1, -0.05) is 31.2 Å². The van der Waals surface area contributed by atoms with Crippen molar-refractivity contribution >= 4 is 43.0 Å². The molecule has 1 aromatic heterocycles. The van der Waals surface area contributed by atoms with Crippen molar-refractivity contribution < 1.29 is 13.2 Å². The first-order valence-electron chi connectivity index (χ1n) is 8.42. The summed E-state index contributed by atoms with van der Waals surface area (Å²) in [5, 5.41) is 2.82. The molecule has 4 rings (SSSR count). The van der Waals surface area contributed by atoms with Crippen LogP contribution < -0.4 is 9.62 Å². The molecular weight excluding hydrogens is 368 g/mol. The normalized spacial score (nSPS) is 14.0. The van der Waals surface area contributed by atoms with E-state index in [0.717, 1.165) is 22.1 Å². The number of fused-ring (bicyclic) bond motifs is 2. The van der Waals surface area contributed by atoms with Crippen LogP contribution in [-0.2, 0) is 16.4 Å². The minimum Gasteiger partial charge on any atom is -0.308 e. The zero-order chi connectivity index (χ0) is 18.3. The third-order valence-corrected chi connectivity index (χ3v) is 7.06. The van der Waals surface area contributed by atoms with E-state index in [9.17, 15) is 13.2 Å². The average molecular weight is 386 g/mol. The van der Waals surface area contributed by atoms with E-state index < -0.39 is 10.0 Å². The van der Waals surface area contributed by atoms with Crippen LogP contribution in [0.15, 0.2) is 52.7 Å². The Morgan fingerprint density at radius 2 is 2.04 bits per heavy atom. The summed E-state index contributed by atoms with van der Waals surface area (Å²) in [6, 6.07) is 12.8. The van der Waals surface area contributed by atoms with Crippen molar-refractivity contribution in [3.05, 3.63) is 59.0 Å². The Kier molecular flexibility index (Phi) is 4.30. The first-order valence-corrected chi connectivity index (χ1v) is 10.8. The molecule has 3 aromatic rings. The van der Waals surface area contributed by atoms with Gasteiger partial charge in [0.25, 0.3) is 5.91 Å². The lowest BCUT2D eigenvalue weighted by Crippen LogP contribution is -2.29. The molecule has 0 aliphatic carbocycles. The van der Waals surface area contributed by atoms with Gasteiger partial charge in [-0.05, 0) is 30.2 Å². The summed E-state index contributed by atoms with van der Waals surface area (Å²) in [7, 11) is -3.56. The molecule has 0 unspecified atom stereocenters. The van der Waals surface area contributed by atoms with Crippen molar-refractivity contribution in [2.45, 2.75) is 18.2 Å². The van der Waals surface area contributed by atoms with E-state index in [0.29, 0.717) is 24.3 Å². The largest absolute Gasteiger partial charge is 0.308 e. The van der Waals surface area contributed by atoms with E-state index in [-0.39, 0.29) is 10.8 Å². The first kappa shape index (κ1) is 17.2. The van der Waals surface area contributed by atoms with Crippen LogP contribution in [0.5, 0.6) is 0 Å². The number of nitrogens with one attached hydrogen (secondary N) is 1. The number of carbonyl (C=O) groups is 1. The Balaban J connectivity index is 1.74. The maximum Gasteiger partial charge on any atom is 0.259 e. The third kappa shape index (κ3) is 2.82. The summed E-state index contributed by atoms with van der Waals surface area (Å²) in [6.45, 7) is 2.62. The predicted octanol–water partition coefficient (Wildman–Crippen LogP) is 3.40. The number of nitrogens with zero attached hydrogens (tertiary/aromatic N) is 1. The van der Waals surface area contributed by atoms with E-state index >= 15 is 0 Å². The number of benzene rings is 2. The molecule has 7 heteroatoms. The average Bonchev–Trinajstić information content (AvgIpc) is 3.25. The van der Waals surface area contributed by atoms with Gasteiger partial charge < -0.3 is 4.90 Å². The Hall–Kier alpha value is -2.22. The molecule has 1 amide bonds. The number of hydrogen-bond acceptors (Lipinski definition) is 4. The lowest BCUT2D eigenvalue weighted by molar-refractivity contribution is 0.0991. The number of amides is 1. The fourth-order valence-electron chi connectivity index (χ4n) is 3.30. The molecule has 134 valence electrons. The predicted molar refractivity (Wildman–Crippen MR) is 105 cm³/mol. The van der Waals surface area contributed by atoms with Crippen LogP contribution in [0.4, 0.5) is 5.69 Å². The van der Waals surface area contributed by atoms with E-state index in [1.54, 1.807) is 41.4 Å². The fraction of sp³-hybridized carbons (Fsp3) is 0.211. The third-order valence-electron chi connectivity index (χ3n) is 4.55. The molecule has 1 aliphatic rings. The molecule has 2 aromatic carbocycles. The summed E-state index contributed by atoms with van der Waals surface area (Å²) in [4.78, 5) is 15.0. The molecule has 0 atom stereocenters. The molecular formula is C19H18N2O3S2. The van der Waals surface area contributed by atoms with Crippen LogP contribution in [0.25, 0.3) is 10.1 Å². The van der Waals surface area contributed by atoms with Gasteiger partial charge in [-0.15, -0.1) is 11.3 Å². The summed E-state index contributed by atoms with van der Waals surface area (Å²) >= 11 is 1.54. The van der Waals surface area contributed by atoms with Crippen LogP contribution in [0, 0.1) is 0 Å². The van der Waals surface area contributed by atoms with Crippen molar-refractivity contribution in [2.24, 2.45) is 0 Å². The Labute approximate surface area is 156 Å². The highest BCUT2D eigenvalue weighted by molar-refractivity contribution is 7.89. The topological polar surface area (TPSA) is 66.5 Å². The van der Waals surface area contributed by atoms with Crippen molar-refractivity contribution in [3.8, 4) is 0 Å². The van der Waals surface area contributed by atoms with Gasteiger partial charge in [0.15, 0.2) is 0 Å². The van der Waals surface area contributed by atoms with Gasteiger partial charge >= 0.3 is 0 Å². The van der Waals surface area contributed by atoms with Crippen molar-refractivity contribution in [2.75, 3.05) is 18.0 Å². The number of sulfonamides is 1. The Bertz CT molecular complexity index is 1100. The van der Waals surface area contributed by atoms with Gasteiger partial charge in [-0.25, -0.2) is 13.1 Å². The van der Waals surface area contributed by atoms with Crippen molar-refractivity contribution in [1.29, 1.82) is 0 Å². The number of thiophene rings is 1. The van der Waals surface area contributed by atoms with E-state index in [4.69, 9.17) is 0 Å². The highest BCUT2D eigenvalue weighted by Crippen LogP contribution is 2.34. The molecule has 2 heterocycles. The Morgan fingerprint density at radius 3 is 2.85 bits per heavy atom. The van der Waals surface area contributed by atoms with Crippen LogP contribution in [0.3, 0.4) is 0 Å². The molecule has 0 radical (unpaired) electrons. The van der Waals surface area contributed by atoms with E-state index in [1.165, 1.54) is 0 Å². The standard InChI is InChI=1S/C19H18N2O3S2/c1-2-20-26(23,24)14-8-7-13-9-10-21(17(13)11-14)19(22)16-12-25-18-6-4-3-5-15(16)18/h3-8,11-12,20H,2,9-10H2,1H3. The molecule has 5 nitrogen and oxygen atoms in total. The molecule has 1 N–H and O–H groups in total. The second-order valence-electron chi connectivity index (χ2n) is 6.14. The van der Waals surface area contributed by atoms with Crippen molar-refractivity contribution in [3.63, 3.8) is 0 Å². The molecule has 0 saturated heterocycles. The summed E-state index contributed by atoms with van der Waals surface area (Å²) in [5.74, 6) is -0.0841. The highest BCUT2D eigenvalue weighted by atomic mass is 32.2. The maximum atomic E-state index is 13.1. The monoisotopic (exact) mass is 386 g/mol. The molecule has 0 saturated carbocycles. The molecule has 26 heavy (non-hydrogen) atoms. The summed E-state index contributed by atoms with van der Waals surface area (Å²) in [6.07, 6.45) is 0.727. The minimum atomic E-state index is -3.56. The number of hydrogen-bond donors (Lipinski definition) is 1. The summed E-state index contributed by atoms with van der Waals surface area (Å²) in [5.41, 5.74) is 2.34. The fourth-order valence-corrected chi connectivity index (χ4v) is 5.29. The van der Waals surface area contributed by atoms with Gasteiger partial charge in [0.2, 0.25) is 10.0 Å². The SMILES string of the molecule is CCNS(=O)(=O)c1ccc2c(c1)N(C(=O)c1csc3ccccc13)CC2. The van der Waals surface area contributed by atoms with Crippen LogP contribution in [0.2, 0.25) is 0 Å². The molecule has 0 bridgehead atoms. The lowest BCUT2D eigenvalue weighted by Gasteiger charge is -2.18. The van der Waals surface area contributed by atoms with Crippen LogP contribution in [-0.4, -0.2) is 27.4 Å². The second kappa shape index (κ2) is 6.50. The quantitative estimate of drug-likeness (QED) is 0.747. The Morgan fingerprint density at radius 1 is 1.23 bits per heavy atom. The van der Waals surface area contributed by atoms with Crippen LogP contribution in [0.1, 0.15) is 22.8 Å². The first-order chi connectivity index (χ1) is 12.5. The zero-order valence-electron chi connectivity index (χ0n) is 14.2. The van der Waals surface area contributed by atoms with E-state index in [1.807, 2.05) is 29.6 Å². The van der Waals surface area contributed by atoms with E-state index in [2.05, 4.69) is 4.72 Å². The highest BCUT2D eigenvalue weighted by Gasteiger charge is 2.28. The lowest BCUT2D eigenvalue weighted by atomic mass is 10.1. The smallest absolute Gasteiger partial charge is 0.259 e. The summed E-state index contributed by atoms with van der Waals surface area (Å²) < 4.78 is 28.2. The number of anilines is 1. The van der Waals surface area contributed by atoms with Gasteiger partial charge in [0, 0.05) is 34.2 Å².